The predicted octanol–water partition coefficient (Wildman–Crippen LogP) is 2.33. The van der Waals surface area contributed by atoms with E-state index < -0.39 is 0 Å². The molecule has 3 heteroatoms. The summed E-state index contributed by atoms with van der Waals surface area (Å²) in [6, 6.07) is 18.4. The summed E-state index contributed by atoms with van der Waals surface area (Å²) in [7, 11) is 0.640. The van der Waals surface area contributed by atoms with Gasteiger partial charge < -0.3 is 4.43 Å². The summed E-state index contributed by atoms with van der Waals surface area (Å²) < 4.78 is 5.15. The van der Waals surface area contributed by atoms with Crippen molar-refractivity contribution in [1.82, 2.24) is 0 Å². The lowest BCUT2D eigenvalue weighted by Crippen LogP contribution is -1.99. The molecule has 2 aromatic rings. The van der Waals surface area contributed by atoms with Crippen LogP contribution in [-0.2, 0) is 4.43 Å². The van der Waals surface area contributed by atoms with Crippen LogP contribution in [0, 0.1) is 0 Å². The highest BCUT2D eigenvalue weighted by molar-refractivity contribution is 7.80. The van der Waals surface area contributed by atoms with Crippen LogP contribution in [0.5, 0.6) is 0 Å². The van der Waals surface area contributed by atoms with Crippen LogP contribution in [0.2, 0.25) is 0 Å². The van der Waals surface area contributed by atoms with E-state index in [1.54, 1.807) is 0 Å². The molecule has 0 saturated carbocycles. The monoisotopic (exact) mass is 244 g/mol. The normalized spacial score (nSPS) is 10.0. The highest BCUT2D eigenvalue weighted by atomic mass is 32.1. The van der Waals surface area contributed by atoms with E-state index in [2.05, 4.69) is 24.3 Å². The van der Waals surface area contributed by atoms with E-state index in [-0.39, 0.29) is 0 Å². The van der Waals surface area contributed by atoms with Crippen molar-refractivity contribution in [1.29, 1.82) is 0 Å². The fourth-order valence-electron chi connectivity index (χ4n) is 1.55. The maximum Gasteiger partial charge on any atom is 0.205 e. The van der Waals surface area contributed by atoms with Gasteiger partial charge in [-0.05, 0) is 35.5 Å². The summed E-state index contributed by atoms with van der Waals surface area (Å²) in [5.41, 5.74) is 3.39. The zero-order chi connectivity index (χ0) is 11.4. The third-order valence-electron chi connectivity index (χ3n) is 2.41. The molecule has 0 bridgehead atoms. The summed E-state index contributed by atoms with van der Waals surface area (Å²) in [6.45, 7) is 0. The van der Waals surface area contributed by atoms with Gasteiger partial charge in [0.1, 0.15) is 0 Å². The van der Waals surface area contributed by atoms with Crippen molar-refractivity contribution in [3.63, 3.8) is 0 Å². The lowest BCUT2D eigenvalue weighted by atomic mass is 10.0. The molecule has 2 aromatic carbocycles. The first-order valence-electron chi connectivity index (χ1n) is 5.05. The molecule has 0 aliphatic rings. The molecule has 0 spiro atoms. The minimum Gasteiger partial charge on any atom is -0.545 e. The molecule has 0 aliphatic heterocycles. The third kappa shape index (κ3) is 2.37. The molecule has 0 atom stereocenters. The molecule has 80 valence electrons. The van der Waals surface area contributed by atoms with Gasteiger partial charge in [-0.25, -0.2) is 0 Å². The summed E-state index contributed by atoms with van der Waals surface area (Å²) in [6.07, 6.45) is 0. The van der Waals surface area contributed by atoms with Crippen LogP contribution in [0.4, 0.5) is 0 Å². The van der Waals surface area contributed by atoms with Crippen molar-refractivity contribution in [3.05, 3.63) is 60.2 Å². The van der Waals surface area contributed by atoms with Crippen molar-refractivity contribution in [3.8, 4) is 11.1 Å². The Balaban J connectivity index is 2.30. The molecule has 0 aromatic heterocycles. The fourth-order valence-corrected chi connectivity index (χ4v) is 1.92. The van der Waals surface area contributed by atoms with E-state index in [4.69, 9.17) is 16.6 Å². The molecule has 1 nitrogen and oxygen atoms in total. The summed E-state index contributed by atoms with van der Waals surface area (Å²) in [5, 5.41) is 0.589. The SMILES string of the molecule is [SiH3]OC(=S)c1ccc(-c2ccccc2)cc1. The molecule has 0 radical (unpaired) electrons. The fraction of sp³-hybridized carbons (Fsp3) is 0. The van der Waals surface area contributed by atoms with E-state index >= 15 is 0 Å². The minimum absolute atomic E-state index is 0.589. The van der Waals surface area contributed by atoms with Gasteiger partial charge in [-0.3, -0.25) is 0 Å². The zero-order valence-electron chi connectivity index (χ0n) is 9.01. The van der Waals surface area contributed by atoms with Gasteiger partial charge in [0.25, 0.3) is 0 Å². The second-order valence-electron chi connectivity index (χ2n) is 3.43. The highest BCUT2D eigenvalue weighted by Crippen LogP contribution is 2.19. The molecular formula is C13H12OSSi. The smallest absolute Gasteiger partial charge is 0.205 e. The van der Waals surface area contributed by atoms with Crippen LogP contribution >= 0.6 is 12.2 Å². The second-order valence-corrected chi connectivity index (χ2v) is 4.21. The van der Waals surface area contributed by atoms with E-state index in [1.165, 1.54) is 11.1 Å². The Morgan fingerprint density at radius 3 is 2.00 bits per heavy atom. The third-order valence-corrected chi connectivity index (χ3v) is 3.52. The molecule has 0 aliphatic carbocycles. The lowest BCUT2D eigenvalue weighted by Gasteiger charge is -2.05. The van der Waals surface area contributed by atoms with Crippen molar-refractivity contribution in [2.24, 2.45) is 0 Å². The maximum absolute atomic E-state index is 5.15. The molecular weight excluding hydrogens is 232 g/mol. The van der Waals surface area contributed by atoms with E-state index in [9.17, 15) is 0 Å². The van der Waals surface area contributed by atoms with Crippen LogP contribution in [0.1, 0.15) is 5.56 Å². The first-order chi connectivity index (χ1) is 7.81. The predicted molar refractivity (Wildman–Crippen MR) is 74.6 cm³/mol. The summed E-state index contributed by atoms with van der Waals surface area (Å²) in [5.74, 6) is 0. The number of rotatable bonds is 2. The standard InChI is InChI=1S/C13H12OSSi/c15-13(14-16)12-8-6-11(7-9-12)10-4-2-1-3-5-10/h1-9H,16H3. The first-order valence-corrected chi connectivity index (χ1v) is 6.27. The van der Waals surface area contributed by atoms with Crippen LogP contribution < -0.4 is 0 Å². The zero-order valence-corrected chi connectivity index (χ0v) is 11.8. The average Bonchev–Trinajstić information content (AvgIpc) is 2.39. The molecule has 0 amide bonds. The molecule has 0 fully saturated rings. The van der Waals surface area contributed by atoms with Crippen LogP contribution in [-0.4, -0.2) is 15.5 Å². The van der Waals surface area contributed by atoms with Gasteiger partial charge in [0, 0.05) is 5.56 Å². The molecule has 0 heterocycles. The van der Waals surface area contributed by atoms with Gasteiger partial charge >= 0.3 is 0 Å². The average molecular weight is 244 g/mol. The number of thiocarbonyl (C=S) groups is 1. The van der Waals surface area contributed by atoms with Crippen molar-refractivity contribution >= 4 is 27.8 Å². The van der Waals surface area contributed by atoms with Crippen molar-refractivity contribution < 1.29 is 4.43 Å². The minimum atomic E-state index is 0.589. The Morgan fingerprint density at radius 1 is 0.875 bits per heavy atom. The van der Waals surface area contributed by atoms with E-state index in [0.717, 1.165) is 5.56 Å². The first kappa shape index (κ1) is 11.0. The topological polar surface area (TPSA) is 9.23 Å². The largest absolute Gasteiger partial charge is 0.545 e. The van der Waals surface area contributed by atoms with Crippen LogP contribution in [0.3, 0.4) is 0 Å². The quantitative estimate of drug-likeness (QED) is 0.592. The molecule has 16 heavy (non-hydrogen) atoms. The molecule has 2 rings (SSSR count). The van der Waals surface area contributed by atoms with Crippen LogP contribution in [0.15, 0.2) is 54.6 Å². The number of hydrogen-bond acceptors (Lipinski definition) is 2. The van der Waals surface area contributed by atoms with Gasteiger partial charge in [0.2, 0.25) is 10.5 Å². The van der Waals surface area contributed by atoms with E-state index in [1.807, 2.05) is 30.3 Å². The number of benzene rings is 2. The van der Waals surface area contributed by atoms with Gasteiger partial charge in [-0.15, -0.1) is 0 Å². The lowest BCUT2D eigenvalue weighted by molar-refractivity contribution is 0.632. The summed E-state index contributed by atoms with van der Waals surface area (Å²) in [4.78, 5) is 0. The van der Waals surface area contributed by atoms with Gasteiger partial charge in [-0.1, -0.05) is 42.5 Å². The second kappa shape index (κ2) is 5.05. The highest BCUT2D eigenvalue weighted by Gasteiger charge is 2.00. The van der Waals surface area contributed by atoms with Crippen molar-refractivity contribution in [2.75, 3.05) is 0 Å². The van der Waals surface area contributed by atoms with Gasteiger partial charge in [0.15, 0.2) is 5.05 Å². The molecule has 0 saturated heterocycles. The van der Waals surface area contributed by atoms with Crippen molar-refractivity contribution in [2.45, 2.75) is 0 Å². The van der Waals surface area contributed by atoms with Crippen LogP contribution in [0.25, 0.3) is 11.1 Å². The van der Waals surface area contributed by atoms with Gasteiger partial charge in [-0.2, -0.15) is 0 Å². The number of hydrogen-bond donors (Lipinski definition) is 0. The van der Waals surface area contributed by atoms with E-state index in [0.29, 0.717) is 15.5 Å². The Kier molecular flexibility index (Phi) is 3.49. The Bertz CT molecular complexity index is 479. The van der Waals surface area contributed by atoms with Gasteiger partial charge in [0.05, 0.1) is 0 Å². The maximum atomic E-state index is 5.15. The Morgan fingerprint density at radius 2 is 1.44 bits per heavy atom. The molecule has 0 N–H and O–H groups in total. The molecule has 0 unspecified atom stereocenters. The Hall–Kier alpha value is -1.45. The summed E-state index contributed by atoms with van der Waals surface area (Å²) >= 11 is 5.09. The Labute approximate surface area is 104 Å².